The van der Waals surface area contributed by atoms with Gasteiger partial charge in [0.25, 0.3) is 6.71 Å². The van der Waals surface area contributed by atoms with Gasteiger partial charge in [0.05, 0.1) is 12.7 Å². The molecule has 5 nitrogen and oxygen atoms in total. The molecule has 0 amide bonds. The summed E-state index contributed by atoms with van der Waals surface area (Å²) in [4.78, 5) is 23.4. The lowest BCUT2D eigenvalue weighted by Gasteiger charge is -2.16. The van der Waals surface area contributed by atoms with Gasteiger partial charge < -0.3 is 9.47 Å². The number of hydrogen-bond acceptors (Lipinski definition) is 5. The Hall–Kier alpha value is -1.35. The third kappa shape index (κ3) is 4.36. The molecule has 1 fully saturated rings. The van der Waals surface area contributed by atoms with Gasteiger partial charge in [-0.15, -0.1) is 0 Å². The second-order valence-corrected chi connectivity index (χ2v) is 4.74. The van der Waals surface area contributed by atoms with Crippen LogP contribution in [0.4, 0.5) is 0 Å². The SMILES string of the molecule is CCCB(C#N)CCC1OCC(=O)C1C(=O)OCC. The topological polar surface area (TPSA) is 76.4 Å². The Labute approximate surface area is 114 Å². The molecular weight excluding hydrogens is 245 g/mol. The summed E-state index contributed by atoms with van der Waals surface area (Å²) in [5.74, 6) is 0.730. The van der Waals surface area contributed by atoms with Gasteiger partial charge in [-0.25, -0.2) is 5.26 Å². The van der Waals surface area contributed by atoms with Crippen molar-refractivity contribution in [1.29, 1.82) is 5.26 Å². The zero-order valence-electron chi connectivity index (χ0n) is 11.6. The van der Waals surface area contributed by atoms with Crippen molar-refractivity contribution < 1.29 is 19.1 Å². The van der Waals surface area contributed by atoms with Gasteiger partial charge >= 0.3 is 5.97 Å². The van der Waals surface area contributed by atoms with Gasteiger partial charge in [-0.05, 0) is 13.3 Å². The van der Waals surface area contributed by atoms with Crippen LogP contribution in [0, 0.1) is 17.1 Å². The minimum absolute atomic E-state index is 0.0286. The third-order valence-corrected chi connectivity index (χ3v) is 3.32. The fourth-order valence-corrected chi connectivity index (χ4v) is 2.34. The molecule has 2 unspecified atom stereocenters. The zero-order valence-corrected chi connectivity index (χ0v) is 11.6. The van der Waals surface area contributed by atoms with E-state index in [1.54, 1.807) is 6.92 Å². The van der Waals surface area contributed by atoms with E-state index in [0.717, 1.165) is 12.7 Å². The van der Waals surface area contributed by atoms with Gasteiger partial charge in [-0.3, -0.25) is 9.59 Å². The first-order valence-electron chi connectivity index (χ1n) is 6.84. The monoisotopic (exact) mass is 265 g/mol. The Morgan fingerprint density at radius 3 is 2.84 bits per heavy atom. The van der Waals surface area contributed by atoms with Crippen molar-refractivity contribution in [3.63, 3.8) is 0 Å². The highest BCUT2D eigenvalue weighted by Crippen LogP contribution is 2.24. The molecular formula is C13H20BNO4. The zero-order chi connectivity index (χ0) is 14.3. The van der Waals surface area contributed by atoms with Crippen molar-refractivity contribution in [1.82, 2.24) is 0 Å². The number of nitriles is 1. The molecule has 0 N–H and O–H groups in total. The molecule has 104 valence electrons. The number of hydrogen-bond donors (Lipinski definition) is 0. The van der Waals surface area contributed by atoms with E-state index in [-0.39, 0.29) is 25.7 Å². The number of carbonyl (C=O) groups excluding carboxylic acids is 2. The second kappa shape index (κ2) is 7.95. The van der Waals surface area contributed by atoms with Crippen LogP contribution in [0.3, 0.4) is 0 Å². The fourth-order valence-electron chi connectivity index (χ4n) is 2.34. The summed E-state index contributed by atoms with van der Waals surface area (Å²) in [7, 11) is 0. The summed E-state index contributed by atoms with van der Waals surface area (Å²) in [6.07, 6.45) is 2.55. The lowest BCUT2D eigenvalue weighted by atomic mass is 9.45. The minimum Gasteiger partial charge on any atom is -0.465 e. The molecule has 0 aromatic heterocycles. The van der Waals surface area contributed by atoms with Gasteiger partial charge in [-0.1, -0.05) is 26.0 Å². The lowest BCUT2D eigenvalue weighted by molar-refractivity contribution is -0.151. The second-order valence-electron chi connectivity index (χ2n) is 4.74. The van der Waals surface area contributed by atoms with Crippen molar-refractivity contribution in [3.05, 3.63) is 0 Å². The van der Waals surface area contributed by atoms with Crippen molar-refractivity contribution in [2.45, 2.75) is 45.4 Å². The molecule has 1 aliphatic heterocycles. The Kier molecular flexibility index (Phi) is 6.58. The maximum atomic E-state index is 11.7. The maximum absolute atomic E-state index is 11.7. The Morgan fingerprint density at radius 2 is 2.26 bits per heavy atom. The van der Waals surface area contributed by atoms with E-state index >= 15 is 0 Å². The van der Waals surface area contributed by atoms with Crippen LogP contribution < -0.4 is 0 Å². The Balaban J connectivity index is 2.54. The molecule has 1 aliphatic rings. The molecule has 0 aliphatic carbocycles. The normalized spacial score (nSPS) is 22.1. The molecule has 1 rings (SSSR count). The molecule has 0 bridgehead atoms. The first kappa shape index (κ1) is 15.7. The average molecular weight is 265 g/mol. The molecule has 0 saturated carbocycles. The van der Waals surface area contributed by atoms with E-state index in [0.29, 0.717) is 12.7 Å². The van der Waals surface area contributed by atoms with Crippen LogP contribution in [0.5, 0.6) is 0 Å². The number of ketones is 1. The molecule has 0 spiro atoms. The maximum Gasteiger partial charge on any atom is 0.319 e. The summed E-state index contributed by atoms with van der Waals surface area (Å²) in [5, 5.41) is 8.99. The van der Waals surface area contributed by atoms with Gasteiger partial charge in [0.15, 0.2) is 5.78 Å². The number of esters is 1. The van der Waals surface area contributed by atoms with E-state index in [2.05, 4.69) is 5.97 Å². The van der Waals surface area contributed by atoms with Crippen LogP contribution in [0.25, 0.3) is 0 Å². The van der Waals surface area contributed by atoms with Crippen LogP contribution in [-0.2, 0) is 19.1 Å². The van der Waals surface area contributed by atoms with Gasteiger partial charge in [0, 0.05) is 5.97 Å². The molecule has 0 radical (unpaired) electrons. The minimum atomic E-state index is -0.805. The number of nitrogens with zero attached hydrogens (tertiary/aromatic N) is 1. The van der Waals surface area contributed by atoms with Gasteiger partial charge in [0.2, 0.25) is 0 Å². The average Bonchev–Trinajstić information content (AvgIpc) is 2.76. The predicted molar refractivity (Wildman–Crippen MR) is 70.8 cm³/mol. The van der Waals surface area contributed by atoms with Crippen molar-refractivity contribution in [3.8, 4) is 5.97 Å². The standard InChI is InChI=1S/C13H20BNO4/c1-3-6-14(9-15)7-5-11-12(10(16)8-19-11)13(17)18-4-2/h11-12H,3-8H2,1-2H3. The summed E-state index contributed by atoms with van der Waals surface area (Å²) in [6.45, 7) is 3.93. The van der Waals surface area contributed by atoms with Gasteiger partial charge in [0.1, 0.15) is 12.5 Å². The first-order valence-corrected chi connectivity index (χ1v) is 6.84. The van der Waals surface area contributed by atoms with Crippen molar-refractivity contribution in [2.75, 3.05) is 13.2 Å². The smallest absolute Gasteiger partial charge is 0.319 e. The highest BCUT2D eigenvalue weighted by molar-refractivity contribution is 6.66. The molecule has 19 heavy (non-hydrogen) atoms. The van der Waals surface area contributed by atoms with E-state index in [4.69, 9.17) is 14.7 Å². The highest BCUT2D eigenvalue weighted by atomic mass is 16.5. The van der Waals surface area contributed by atoms with Crippen LogP contribution in [-0.4, -0.2) is 37.8 Å². The fraction of sp³-hybridized carbons (Fsp3) is 0.769. The van der Waals surface area contributed by atoms with E-state index in [9.17, 15) is 9.59 Å². The van der Waals surface area contributed by atoms with Crippen molar-refractivity contribution in [2.24, 2.45) is 5.92 Å². The van der Waals surface area contributed by atoms with E-state index in [1.807, 2.05) is 6.92 Å². The largest absolute Gasteiger partial charge is 0.465 e. The van der Waals surface area contributed by atoms with Crippen LogP contribution in [0.2, 0.25) is 12.6 Å². The summed E-state index contributed by atoms with van der Waals surface area (Å²) >= 11 is 0. The molecule has 2 atom stereocenters. The molecule has 6 heteroatoms. The molecule has 0 aromatic rings. The molecule has 1 saturated heterocycles. The quantitative estimate of drug-likeness (QED) is 0.396. The number of carbonyl (C=O) groups is 2. The van der Waals surface area contributed by atoms with Crippen molar-refractivity contribution >= 4 is 18.5 Å². The lowest BCUT2D eigenvalue weighted by Crippen LogP contribution is -2.31. The Morgan fingerprint density at radius 1 is 1.53 bits per heavy atom. The van der Waals surface area contributed by atoms with E-state index in [1.165, 1.54) is 0 Å². The highest BCUT2D eigenvalue weighted by Gasteiger charge is 2.42. The molecule has 0 aromatic carbocycles. The third-order valence-electron chi connectivity index (χ3n) is 3.32. The van der Waals surface area contributed by atoms with E-state index < -0.39 is 18.0 Å². The first-order chi connectivity index (χ1) is 9.13. The number of ether oxygens (including phenoxy) is 2. The van der Waals surface area contributed by atoms with Crippen LogP contribution >= 0.6 is 0 Å². The summed E-state index contributed by atoms with van der Waals surface area (Å²) in [5.41, 5.74) is 0. The predicted octanol–water partition coefficient (Wildman–Crippen LogP) is 1.49. The van der Waals surface area contributed by atoms with Gasteiger partial charge in [-0.2, -0.15) is 0 Å². The molecule has 1 heterocycles. The number of Topliss-reactive ketones (excluding diaryl/α,β-unsaturated/α-hetero) is 1. The number of rotatable bonds is 7. The summed E-state index contributed by atoms with van der Waals surface area (Å²) in [6, 6.07) is 0. The van der Waals surface area contributed by atoms with Crippen LogP contribution in [0.1, 0.15) is 26.7 Å². The summed E-state index contributed by atoms with van der Waals surface area (Å²) < 4.78 is 10.3. The van der Waals surface area contributed by atoms with Crippen LogP contribution in [0.15, 0.2) is 0 Å². The Bertz CT molecular complexity index is 366.